The molecule has 1 aromatic carbocycles. The molecule has 1 atom stereocenters. The van der Waals surface area contributed by atoms with E-state index in [0.29, 0.717) is 5.92 Å². The van der Waals surface area contributed by atoms with Crippen LogP contribution in [0.5, 0.6) is 0 Å². The second-order valence-electron chi connectivity index (χ2n) is 4.97. The monoisotopic (exact) mass is 262 g/mol. The third-order valence-corrected chi connectivity index (χ3v) is 3.72. The van der Waals surface area contributed by atoms with Crippen LogP contribution < -0.4 is 0 Å². The van der Waals surface area contributed by atoms with Gasteiger partial charge in [0.2, 0.25) is 0 Å². The molecule has 96 valence electrons. The standard InChI is InChI=1S/C14H18N2OS/c1-9(2)7-11-5-4-6-12(8-11)13(17)14-10(3)15-16-18-14/h4-6,8-9,13,17H,7H2,1-3H3. The van der Waals surface area contributed by atoms with Gasteiger partial charge in [-0.2, -0.15) is 0 Å². The van der Waals surface area contributed by atoms with Crippen molar-refractivity contribution in [2.45, 2.75) is 33.3 Å². The molecular formula is C14H18N2OS. The molecule has 1 aromatic heterocycles. The molecule has 0 amide bonds. The Morgan fingerprint density at radius 2 is 2.11 bits per heavy atom. The average molecular weight is 262 g/mol. The maximum Gasteiger partial charge on any atom is 0.117 e. The van der Waals surface area contributed by atoms with E-state index in [0.717, 1.165) is 22.6 Å². The molecule has 0 saturated heterocycles. The normalized spacial score (nSPS) is 12.9. The summed E-state index contributed by atoms with van der Waals surface area (Å²) in [5.74, 6) is 0.615. The number of aliphatic hydroxyl groups is 1. The molecule has 1 heterocycles. The number of nitrogens with zero attached hydrogens (tertiary/aromatic N) is 2. The number of benzene rings is 1. The average Bonchev–Trinajstić information content (AvgIpc) is 2.74. The molecule has 1 unspecified atom stereocenters. The molecule has 0 aliphatic rings. The SMILES string of the molecule is Cc1nnsc1C(O)c1cccc(CC(C)C)c1. The Morgan fingerprint density at radius 3 is 2.72 bits per heavy atom. The molecule has 2 aromatic rings. The zero-order valence-electron chi connectivity index (χ0n) is 10.9. The maximum atomic E-state index is 10.4. The third-order valence-electron chi connectivity index (χ3n) is 2.85. The lowest BCUT2D eigenvalue weighted by atomic mass is 9.98. The topological polar surface area (TPSA) is 46.0 Å². The lowest BCUT2D eigenvalue weighted by molar-refractivity contribution is 0.223. The van der Waals surface area contributed by atoms with E-state index < -0.39 is 6.10 Å². The highest BCUT2D eigenvalue weighted by molar-refractivity contribution is 7.05. The molecule has 0 fully saturated rings. The second-order valence-corrected chi connectivity index (χ2v) is 5.75. The second kappa shape index (κ2) is 5.59. The predicted octanol–water partition coefficient (Wildman–Crippen LogP) is 3.13. The van der Waals surface area contributed by atoms with E-state index in [1.54, 1.807) is 0 Å². The smallest absolute Gasteiger partial charge is 0.117 e. The van der Waals surface area contributed by atoms with Crippen LogP contribution >= 0.6 is 11.5 Å². The van der Waals surface area contributed by atoms with Crippen molar-refractivity contribution < 1.29 is 5.11 Å². The Labute approximate surface area is 112 Å². The van der Waals surface area contributed by atoms with Crippen LogP contribution in [0.4, 0.5) is 0 Å². The van der Waals surface area contributed by atoms with Crippen molar-refractivity contribution in [3.63, 3.8) is 0 Å². The zero-order valence-corrected chi connectivity index (χ0v) is 11.7. The molecule has 0 aliphatic carbocycles. The molecular weight excluding hydrogens is 244 g/mol. The minimum absolute atomic E-state index is 0.614. The van der Waals surface area contributed by atoms with Crippen LogP contribution in [-0.4, -0.2) is 14.7 Å². The van der Waals surface area contributed by atoms with Gasteiger partial charge in [0.05, 0.1) is 10.6 Å². The van der Waals surface area contributed by atoms with Gasteiger partial charge in [0.25, 0.3) is 0 Å². The van der Waals surface area contributed by atoms with Crippen LogP contribution in [0.3, 0.4) is 0 Å². The molecule has 3 nitrogen and oxygen atoms in total. The van der Waals surface area contributed by atoms with Gasteiger partial charge in [0, 0.05) is 0 Å². The van der Waals surface area contributed by atoms with Gasteiger partial charge in [-0.15, -0.1) is 5.10 Å². The molecule has 0 spiro atoms. The quantitative estimate of drug-likeness (QED) is 0.920. The summed E-state index contributed by atoms with van der Waals surface area (Å²) in [6, 6.07) is 8.13. The van der Waals surface area contributed by atoms with E-state index in [9.17, 15) is 5.11 Å². The lowest BCUT2D eigenvalue weighted by Crippen LogP contribution is -2.01. The Hall–Kier alpha value is -1.26. The fourth-order valence-corrected chi connectivity index (χ4v) is 2.66. The predicted molar refractivity (Wildman–Crippen MR) is 73.7 cm³/mol. The van der Waals surface area contributed by atoms with Gasteiger partial charge in [0.1, 0.15) is 6.10 Å². The molecule has 4 heteroatoms. The summed E-state index contributed by atoms with van der Waals surface area (Å²) in [6.45, 7) is 6.26. The van der Waals surface area contributed by atoms with Crippen LogP contribution in [-0.2, 0) is 6.42 Å². The maximum absolute atomic E-state index is 10.4. The van der Waals surface area contributed by atoms with Crippen molar-refractivity contribution in [3.05, 3.63) is 46.0 Å². The van der Waals surface area contributed by atoms with E-state index in [4.69, 9.17) is 0 Å². The van der Waals surface area contributed by atoms with Crippen LogP contribution in [0.2, 0.25) is 0 Å². The fourth-order valence-electron chi connectivity index (χ4n) is 2.00. The van der Waals surface area contributed by atoms with Crippen molar-refractivity contribution >= 4 is 11.5 Å². The number of aryl methyl sites for hydroxylation is 1. The molecule has 0 saturated carbocycles. The highest BCUT2D eigenvalue weighted by atomic mass is 32.1. The Kier molecular flexibility index (Phi) is 4.09. The number of rotatable bonds is 4. The molecule has 1 N–H and O–H groups in total. The summed E-state index contributed by atoms with van der Waals surface area (Å²) in [5.41, 5.74) is 2.99. The van der Waals surface area contributed by atoms with E-state index >= 15 is 0 Å². The summed E-state index contributed by atoms with van der Waals surface area (Å²) in [4.78, 5) is 0.830. The van der Waals surface area contributed by atoms with Crippen LogP contribution in [0.25, 0.3) is 0 Å². The summed E-state index contributed by atoms with van der Waals surface area (Å²) in [6.07, 6.45) is 0.414. The number of hydrogen-bond acceptors (Lipinski definition) is 4. The summed E-state index contributed by atoms with van der Waals surface area (Å²) in [7, 11) is 0. The highest BCUT2D eigenvalue weighted by Crippen LogP contribution is 2.27. The van der Waals surface area contributed by atoms with Crippen LogP contribution in [0.1, 0.15) is 41.6 Å². The van der Waals surface area contributed by atoms with Crippen molar-refractivity contribution in [1.29, 1.82) is 0 Å². The van der Waals surface area contributed by atoms with Gasteiger partial charge in [-0.3, -0.25) is 0 Å². The van der Waals surface area contributed by atoms with E-state index in [-0.39, 0.29) is 0 Å². The zero-order chi connectivity index (χ0) is 13.1. The lowest BCUT2D eigenvalue weighted by Gasteiger charge is -2.12. The first-order valence-electron chi connectivity index (χ1n) is 6.13. The number of aliphatic hydroxyl groups excluding tert-OH is 1. The van der Waals surface area contributed by atoms with Gasteiger partial charge < -0.3 is 5.11 Å². The largest absolute Gasteiger partial charge is 0.383 e. The molecule has 0 bridgehead atoms. The van der Waals surface area contributed by atoms with Crippen molar-refractivity contribution in [1.82, 2.24) is 9.59 Å². The Bertz CT molecular complexity index is 522. The first kappa shape index (κ1) is 13.2. The van der Waals surface area contributed by atoms with Gasteiger partial charge in [-0.25, -0.2) is 0 Å². The van der Waals surface area contributed by atoms with Crippen LogP contribution in [0.15, 0.2) is 24.3 Å². The van der Waals surface area contributed by atoms with Gasteiger partial charge in [-0.1, -0.05) is 42.6 Å². The third kappa shape index (κ3) is 2.94. The van der Waals surface area contributed by atoms with Gasteiger partial charge in [0.15, 0.2) is 0 Å². The van der Waals surface area contributed by atoms with Crippen molar-refractivity contribution in [2.24, 2.45) is 5.92 Å². The number of hydrogen-bond donors (Lipinski definition) is 1. The minimum atomic E-state index is -0.614. The van der Waals surface area contributed by atoms with Gasteiger partial charge in [-0.05, 0) is 41.9 Å². The number of aromatic nitrogens is 2. The van der Waals surface area contributed by atoms with Crippen molar-refractivity contribution in [3.8, 4) is 0 Å². The summed E-state index contributed by atoms with van der Waals surface area (Å²) >= 11 is 1.26. The van der Waals surface area contributed by atoms with Gasteiger partial charge >= 0.3 is 0 Å². The Morgan fingerprint density at radius 1 is 1.33 bits per heavy atom. The van der Waals surface area contributed by atoms with Crippen molar-refractivity contribution in [2.75, 3.05) is 0 Å². The molecule has 2 rings (SSSR count). The minimum Gasteiger partial charge on any atom is -0.383 e. The highest BCUT2D eigenvalue weighted by Gasteiger charge is 2.16. The van der Waals surface area contributed by atoms with Crippen LogP contribution in [0, 0.1) is 12.8 Å². The Balaban J connectivity index is 2.25. The van der Waals surface area contributed by atoms with E-state index in [1.165, 1.54) is 17.1 Å². The fraction of sp³-hybridized carbons (Fsp3) is 0.429. The summed E-state index contributed by atoms with van der Waals surface area (Å²) in [5, 5.41) is 14.3. The molecule has 18 heavy (non-hydrogen) atoms. The molecule has 0 aliphatic heterocycles. The first-order valence-corrected chi connectivity index (χ1v) is 6.91. The molecule has 0 radical (unpaired) electrons. The van der Waals surface area contributed by atoms with E-state index in [1.807, 2.05) is 19.1 Å². The first-order chi connectivity index (χ1) is 8.58. The summed E-state index contributed by atoms with van der Waals surface area (Å²) < 4.78 is 3.87. The van der Waals surface area contributed by atoms with E-state index in [2.05, 4.69) is 35.6 Å².